The summed E-state index contributed by atoms with van der Waals surface area (Å²) in [5.41, 5.74) is 24.9. The molecule has 646 valence electrons. The van der Waals surface area contributed by atoms with E-state index in [1.807, 2.05) is 394 Å². The van der Waals surface area contributed by atoms with E-state index in [2.05, 4.69) is 214 Å². The lowest BCUT2D eigenvalue weighted by Crippen LogP contribution is -1.90. The quantitative estimate of drug-likeness (QED) is 0.142. The highest BCUT2D eigenvalue weighted by Gasteiger charge is 2.10. The Morgan fingerprint density at radius 3 is 0.423 bits per heavy atom. The number of hydrogen-bond donors (Lipinski definition) is 0. The molecule has 18 rings (SSSR count). The number of hydrogen-bond acceptors (Lipinski definition) is 4. The smallest absolute Gasteiger partial charge is 0.143 e. The van der Waals surface area contributed by atoms with Gasteiger partial charge in [0.2, 0.25) is 0 Å². The molecule has 0 saturated carbocycles. The van der Waals surface area contributed by atoms with Gasteiger partial charge in [0, 0.05) is 100 Å². The molecule has 0 aliphatic carbocycles. The van der Waals surface area contributed by atoms with Crippen molar-refractivity contribution in [2.45, 2.75) is 34.6 Å². The first-order chi connectivity index (χ1) is 67.3. The lowest BCUT2D eigenvalue weighted by Gasteiger charge is -2.09. The molecule has 18 aromatic carbocycles. The Kier molecular flexibility index (Phi) is 33.0. The zero-order chi connectivity index (χ0) is 94.1. The maximum absolute atomic E-state index is 6.28. The van der Waals surface area contributed by atoms with Crippen LogP contribution in [0.2, 0.25) is 0 Å². The zero-order valence-corrected chi connectivity index (χ0v) is 76.4. The van der Waals surface area contributed by atoms with Crippen molar-refractivity contribution in [3.63, 3.8) is 0 Å². The van der Waals surface area contributed by atoms with E-state index in [1.165, 1.54) is 27.8 Å². The van der Waals surface area contributed by atoms with Crippen LogP contribution in [0.25, 0.3) is 0 Å². The highest BCUT2D eigenvalue weighted by atomic mass is 16.5. The van der Waals surface area contributed by atoms with E-state index in [4.69, 9.17) is 18.9 Å². The maximum Gasteiger partial charge on any atom is 0.143 e. The lowest BCUT2D eigenvalue weighted by atomic mass is 10.1. The second kappa shape index (κ2) is 49.0. The molecule has 0 aliphatic rings. The van der Waals surface area contributed by atoms with Gasteiger partial charge < -0.3 is 18.9 Å². The molecule has 0 atom stereocenters. The van der Waals surface area contributed by atoms with Crippen molar-refractivity contribution in [1.82, 2.24) is 0 Å². The van der Waals surface area contributed by atoms with Crippen LogP contribution in [-0.2, 0) is 0 Å². The fraction of sp³-hybridized carbons (Fsp3) is 0.0376. The molecule has 0 bridgehead atoms. The van der Waals surface area contributed by atoms with Crippen LogP contribution in [0, 0.1) is 153 Å². The molecule has 0 unspecified atom stereocenters. The molecule has 0 N–H and O–H groups in total. The fourth-order valence-electron chi connectivity index (χ4n) is 13.0. The van der Waals surface area contributed by atoms with Gasteiger partial charge in [0.1, 0.15) is 46.0 Å². The van der Waals surface area contributed by atoms with Gasteiger partial charge in [0.05, 0.1) is 11.1 Å². The van der Waals surface area contributed by atoms with Crippen LogP contribution in [0.15, 0.2) is 455 Å². The molecule has 4 nitrogen and oxygen atoms in total. The van der Waals surface area contributed by atoms with Crippen molar-refractivity contribution in [3.05, 3.63) is 594 Å². The zero-order valence-electron chi connectivity index (χ0n) is 76.4. The van der Waals surface area contributed by atoms with Gasteiger partial charge in [-0.3, -0.25) is 0 Å². The van der Waals surface area contributed by atoms with Gasteiger partial charge in [-0.05, 0) is 338 Å². The first kappa shape index (κ1) is 92.5. The Labute approximate surface area is 806 Å². The normalized spacial score (nSPS) is 9.64. The Morgan fingerprint density at radius 2 is 0.248 bits per heavy atom. The molecular weight excluding hydrogens is 1660 g/mol. The predicted molar refractivity (Wildman–Crippen MR) is 560 cm³/mol. The molecule has 0 radical (unpaired) electrons. The van der Waals surface area contributed by atoms with E-state index in [0.29, 0.717) is 11.5 Å². The third kappa shape index (κ3) is 31.0. The summed E-state index contributed by atoms with van der Waals surface area (Å²) >= 11 is 0. The molecule has 0 amide bonds. The van der Waals surface area contributed by atoms with E-state index in [9.17, 15) is 0 Å². The molecule has 4 heteroatoms. The summed E-state index contributed by atoms with van der Waals surface area (Å²) < 4.78 is 24.4. The Balaban J connectivity index is 0.000000140. The molecule has 0 saturated heterocycles. The maximum atomic E-state index is 6.28. The first-order valence-corrected chi connectivity index (χ1v) is 44.7. The topological polar surface area (TPSA) is 36.9 Å². The van der Waals surface area contributed by atoms with Crippen LogP contribution in [0.4, 0.5) is 0 Å². The minimum Gasteiger partial charge on any atom is -0.457 e. The molecular formula is C133H90O4. The third-order valence-electron chi connectivity index (χ3n) is 20.6. The monoisotopic (exact) mass is 1750 g/mol. The summed E-state index contributed by atoms with van der Waals surface area (Å²) in [4.78, 5) is 0. The summed E-state index contributed by atoms with van der Waals surface area (Å²) in [6.07, 6.45) is 0. The second-order valence-corrected chi connectivity index (χ2v) is 31.6. The summed E-state index contributed by atoms with van der Waals surface area (Å²) in [6.45, 7) is 10.4. The number of aryl methyl sites for hydroxylation is 5. The van der Waals surface area contributed by atoms with Crippen molar-refractivity contribution < 1.29 is 18.9 Å². The number of ether oxygens (including phenoxy) is 4. The van der Waals surface area contributed by atoms with Gasteiger partial charge in [0.25, 0.3) is 0 Å². The van der Waals surface area contributed by atoms with E-state index in [-0.39, 0.29) is 0 Å². The Morgan fingerprint density at radius 1 is 0.117 bits per heavy atom. The first-order valence-electron chi connectivity index (χ1n) is 44.7. The van der Waals surface area contributed by atoms with E-state index in [0.717, 1.165) is 146 Å². The minimum atomic E-state index is 0.678. The fourth-order valence-corrected chi connectivity index (χ4v) is 13.0. The molecule has 0 spiro atoms. The van der Waals surface area contributed by atoms with Crippen LogP contribution >= 0.6 is 0 Å². The summed E-state index contributed by atoms with van der Waals surface area (Å²) in [7, 11) is 0. The average molecular weight is 1750 g/mol. The predicted octanol–water partition coefficient (Wildman–Crippen LogP) is 29.5. The van der Waals surface area contributed by atoms with Crippen LogP contribution in [0.5, 0.6) is 46.0 Å². The van der Waals surface area contributed by atoms with Gasteiger partial charge in [0.15, 0.2) is 0 Å². The molecule has 0 fully saturated rings. The van der Waals surface area contributed by atoms with Gasteiger partial charge in [-0.1, -0.05) is 298 Å². The van der Waals surface area contributed by atoms with Gasteiger partial charge in [-0.15, -0.1) is 0 Å². The minimum absolute atomic E-state index is 0.678. The summed E-state index contributed by atoms with van der Waals surface area (Å²) in [5, 5.41) is 0. The van der Waals surface area contributed by atoms with E-state index in [1.54, 1.807) is 0 Å². The Bertz CT molecular complexity index is 7610. The summed E-state index contributed by atoms with van der Waals surface area (Å²) in [6, 6.07) is 149. The van der Waals surface area contributed by atoms with Crippen molar-refractivity contribution in [2.24, 2.45) is 0 Å². The molecule has 0 aromatic heterocycles. The number of benzene rings is 18. The highest BCUT2D eigenvalue weighted by Crippen LogP contribution is 2.31. The van der Waals surface area contributed by atoms with E-state index >= 15 is 0 Å². The van der Waals surface area contributed by atoms with Gasteiger partial charge >= 0.3 is 0 Å². The SMILES string of the molecule is C(#Cc1ccc(Oc2ccc(C#Cc3ccccc3)cc2)cc1)c1ccccc1.C(#Cc1ccc(Oc2ccc(C#Cc3ccccc3)cc2C#Cc2ccccc2)cc1)c1ccccc1.Cc1ccc(C#Cc2ccc(Oc3ccc(C#Cc4ccc(C)cc4)cc3)cc2)cc1.Cc1ccc(C#Cc2ccc(Oc3ccc(C#Cc4ccc(C)cc4)cc3C#Cc3ccc(C)cc3)cc2)cc1. The van der Waals surface area contributed by atoms with E-state index < -0.39 is 0 Å². The second-order valence-electron chi connectivity index (χ2n) is 31.6. The molecule has 18 aromatic rings. The van der Waals surface area contributed by atoms with Crippen LogP contribution in [0.1, 0.15) is 139 Å². The molecule has 137 heavy (non-hydrogen) atoms. The lowest BCUT2D eigenvalue weighted by molar-refractivity contribution is 0.481. The van der Waals surface area contributed by atoms with Crippen LogP contribution in [0.3, 0.4) is 0 Å². The highest BCUT2D eigenvalue weighted by molar-refractivity contribution is 5.61. The molecule has 0 heterocycles. The van der Waals surface area contributed by atoms with Gasteiger partial charge in [-0.2, -0.15) is 0 Å². The standard InChI is InChI=1S/C39H28O.C36H22O.C30H22O.C28H18O/c1-29-4-10-32(11-5-29)16-17-35-21-25-38(26-22-35)40-39-27-23-36(19-18-33-12-6-30(2)7-13-33)28-37(39)24-20-34-14-8-31(3)9-15-34;1-4-10-29(11-5-1)16-17-32-21-25-35(26-22-32)37-36-27-23-33(19-18-30-12-6-2-7-13-30)28-34(36)24-20-31-14-8-3-9-15-31;1-23-3-7-25(8-4-23)11-13-27-15-19-29(20-16-27)31-30-21-17-28(18-22-30)14-12-26-9-5-24(2)6-10-26;1-3-7-23(8-4-1)11-13-25-15-19-27(20-16-25)29-28-21-17-26(18-22-28)14-12-24-9-5-2-6-10-24/h4-15,21-23,25-28H,1-3H3;1-15,21-23,25-28H;3-10,15-22H,1-2H3;1-10,15-22H. The third-order valence-corrected chi connectivity index (χ3v) is 20.6. The van der Waals surface area contributed by atoms with Crippen molar-refractivity contribution in [2.75, 3.05) is 0 Å². The van der Waals surface area contributed by atoms with Crippen molar-refractivity contribution >= 4 is 0 Å². The largest absolute Gasteiger partial charge is 0.457 e. The number of rotatable bonds is 8. The average Bonchev–Trinajstić information content (AvgIpc) is 0.836. The van der Waals surface area contributed by atoms with Crippen molar-refractivity contribution in [3.8, 4) is 164 Å². The molecule has 0 aliphatic heterocycles. The van der Waals surface area contributed by atoms with Crippen LogP contribution < -0.4 is 18.9 Å². The van der Waals surface area contributed by atoms with Gasteiger partial charge in [-0.25, -0.2) is 0 Å². The van der Waals surface area contributed by atoms with Crippen LogP contribution in [-0.4, -0.2) is 0 Å². The van der Waals surface area contributed by atoms with Crippen molar-refractivity contribution in [1.29, 1.82) is 0 Å². The summed E-state index contributed by atoms with van der Waals surface area (Å²) in [5.74, 6) is 70.1. The Hall–Kier alpha value is -19.2.